The van der Waals surface area contributed by atoms with Crippen LogP contribution in [0.1, 0.15) is 51.3 Å². The lowest BCUT2D eigenvalue weighted by atomic mass is 9.97. The molecular formula is C26H32N2O3. The Kier molecular flexibility index (Phi) is 6.00. The minimum absolute atomic E-state index is 0.0387. The summed E-state index contributed by atoms with van der Waals surface area (Å²) in [4.78, 5) is 30.5. The highest BCUT2D eigenvalue weighted by molar-refractivity contribution is 5.83. The van der Waals surface area contributed by atoms with Crippen LogP contribution >= 0.6 is 0 Å². The Hall–Kier alpha value is -2.50. The van der Waals surface area contributed by atoms with Crippen molar-refractivity contribution < 1.29 is 14.3 Å². The van der Waals surface area contributed by atoms with Crippen molar-refractivity contribution in [1.29, 1.82) is 0 Å². The number of nitrogens with zero attached hydrogens (tertiary/aromatic N) is 2. The van der Waals surface area contributed by atoms with Crippen molar-refractivity contribution in [3.63, 3.8) is 0 Å². The molecule has 0 N–H and O–H groups in total. The highest BCUT2D eigenvalue weighted by Gasteiger charge is 2.56. The molecule has 2 aliphatic heterocycles. The summed E-state index contributed by atoms with van der Waals surface area (Å²) in [6.45, 7) is 8.83. The maximum Gasteiger partial charge on any atom is 0.323 e. The van der Waals surface area contributed by atoms with Gasteiger partial charge in [0.15, 0.2) is 0 Å². The van der Waals surface area contributed by atoms with Gasteiger partial charge in [-0.25, -0.2) is 0 Å². The average Bonchev–Trinajstić information content (AvgIpc) is 3.27. The Morgan fingerprint density at radius 3 is 2.19 bits per heavy atom. The highest BCUT2D eigenvalue weighted by atomic mass is 16.6. The number of carbonyl (C=O) groups is 2. The average molecular weight is 421 g/mol. The molecule has 2 fully saturated rings. The molecule has 0 aliphatic carbocycles. The first-order valence-electron chi connectivity index (χ1n) is 11.1. The Labute approximate surface area is 185 Å². The molecule has 0 saturated carbocycles. The SMILES string of the molecule is CC(=O)[C@@H]1C[C@@H](C(=O)OC(C)(C)C)N2[C@@H](c3ccccc3)CN(Cc3ccccc3)[C@H]12. The summed E-state index contributed by atoms with van der Waals surface area (Å²) in [6, 6.07) is 20.2. The van der Waals surface area contributed by atoms with E-state index in [4.69, 9.17) is 4.74 Å². The van der Waals surface area contributed by atoms with Gasteiger partial charge in [-0.1, -0.05) is 60.7 Å². The van der Waals surface area contributed by atoms with Gasteiger partial charge in [-0.2, -0.15) is 0 Å². The fraction of sp³-hybridized carbons (Fsp3) is 0.462. The molecular weight excluding hydrogens is 388 g/mol. The summed E-state index contributed by atoms with van der Waals surface area (Å²) >= 11 is 0. The van der Waals surface area contributed by atoms with E-state index in [-0.39, 0.29) is 29.9 Å². The second-order valence-electron chi connectivity index (χ2n) is 9.70. The van der Waals surface area contributed by atoms with Crippen LogP contribution in [0.5, 0.6) is 0 Å². The zero-order chi connectivity index (χ0) is 22.2. The number of rotatable bonds is 5. The third kappa shape index (κ3) is 4.58. The fourth-order valence-electron chi connectivity index (χ4n) is 5.04. The van der Waals surface area contributed by atoms with Crippen molar-refractivity contribution in [1.82, 2.24) is 9.80 Å². The Bertz CT molecular complexity index is 923. The normalized spacial score (nSPS) is 26.6. The van der Waals surface area contributed by atoms with Crippen molar-refractivity contribution in [2.45, 2.75) is 64.5 Å². The third-order valence-electron chi connectivity index (χ3n) is 6.26. The smallest absolute Gasteiger partial charge is 0.323 e. The van der Waals surface area contributed by atoms with Gasteiger partial charge in [0.1, 0.15) is 17.4 Å². The number of ketones is 1. The van der Waals surface area contributed by atoms with Crippen LogP contribution in [0.25, 0.3) is 0 Å². The second-order valence-corrected chi connectivity index (χ2v) is 9.70. The van der Waals surface area contributed by atoms with Crippen LogP contribution in [0.2, 0.25) is 0 Å². The summed E-state index contributed by atoms with van der Waals surface area (Å²) in [5, 5.41) is 0. The van der Waals surface area contributed by atoms with Gasteiger partial charge < -0.3 is 4.74 Å². The van der Waals surface area contributed by atoms with Gasteiger partial charge in [-0.3, -0.25) is 19.4 Å². The van der Waals surface area contributed by atoms with Crippen molar-refractivity contribution >= 4 is 11.8 Å². The molecule has 2 heterocycles. The van der Waals surface area contributed by atoms with Gasteiger partial charge >= 0.3 is 5.97 Å². The lowest BCUT2D eigenvalue weighted by Gasteiger charge is -2.32. The maximum atomic E-state index is 13.2. The van der Waals surface area contributed by atoms with Crippen molar-refractivity contribution in [3.8, 4) is 0 Å². The first-order chi connectivity index (χ1) is 14.7. The van der Waals surface area contributed by atoms with Gasteiger partial charge in [0.25, 0.3) is 0 Å². The van der Waals surface area contributed by atoms with E-state index in [1.54, 1.807) is 6.92 Å². The molecule has 4 atom stereocenters. The van der Waals surface area contributed by atoms with E-state index in [1.807, 2.05) is 57.2 Å². The Morgan fingerprint density at radius 1 is 1.00 bits per heavy atom. The zero-order valence-corrected chi connectivity index (χ0v) is 18.8. The summed E-state index contributed by atoms with van der Waals surface area (Å²) in [5.41, 5.74) is 1.81. The number of ether oxygens (including phenoxy) is 1. The van der Waals surface area contributed by atoms with Crippen LogP contribution < -0.4 is 0 Å². The van der Waals surface area contributed by atoms with E-state index in [0.29, 0.717) is 6.42 Å². The minimum Gasteiger partial charge on any atom is -0.459 e. The van der Waals surface area contributed by atoms with Crippen LogP contribution in [-0.2, 0) is 20.9 Å². The first-order valence-corrected chi connectivity index (χ1v) is 11.1. The van der Waals surface area contributed by atoms with Gasteiger partial charge in [-0.15, -0.1) is 0 Å². The number of esters is 1. The highest BCUT2D eigenvalue weighted by Crippen LogP contribution is 2.46. The number of Topliss-reactive ketones (excluding diaryl/α,β-unsaturated/α-hetero) is 1. The van der Waals surface area contributed by atoms with Gasteiger partial charge in [0.05, 0.1) is 6.17 Å². The van der Waals surface area contributed by atoms with Crippen molar-refractivity contribution in [2.75, 3.05) is 6.54 Å². The lowest BCUT2D eigenvalue weighted by molar-refractivity contribution is -0.161. The van der Waals surface area contributed by atoms with E-state index in [1.165, 1.54) is 11.1 Å². The second kappa shape index (κ2) is 8.56. The van der Waals surface area contributed by atoms with E-state index < -0.39 is 11.6 Å². The van der Waals surface area contributed by atoms with E-state index in [0.717, 1.165) is 13.1 Å². The zero-order valence-electron chi connectivity index (χ0n) is 18.8. The van der Waals surface area contributed by atoms with Crippen molar-refractivity contribution in [2.24, 2.45) is 5.92 Å². The molecule has 2 aromatic rings. The van der Waals surface area contributed by atoms with Crippen LogP contribution in [0.15, 0.2) is 60.7 Å². The number of benzene rings is 2. The number of carbonyl (C=O) groups excluding carboxylic acids is 2. The first kappa shape index (κ1) is 21.7. The molecule has 2 aromatic carbocycles. The topological polar surface area (TPSA) is 49.9 Å². The van der Waals surface area contributed by atoms with Gasteiger partial charge in [0, 0.05) is 25.0 Å². The lowest BCUT2D eigenvalue weighted by Crippen LogP contribution is -2.45. The fourth-order valence-corrected chi connectivity index (χ4v) is 5.04. The monoisotopic (exact) mass is 420 g/mol. The number of hydrogen-bond acceptors (Lipinski definition) is 5. The van der Waals surface area contributed by atoms with E-state index >= 15 is 0 Å². The molecule has 5 heteroatoms. The van der Waals surface area contributed by atoms with Gasteiger partial charge in [0.2, 0.25) is 0 Å². The summed E-state index contributed by atoms with van der Waals surface area (Å²) in [6.07, 6.45) is 0.393. The predicted octanol–water partition coefficient (Wildman–Crippen LogP) is 4.19. The van der Waals surface area contributed by atoms with Crippen molar-refractivity contribution in [3.05, 3.63) is 71.8 Å². The molecule has 4 rings (SSSR count). The molecule has 31 heavy (non-hydrogen) atoms. The summed E-state index contributed by atoms with van der Waals surface area (Å²) in [5.74, 6) is -0.313. The molecule has 0 amide bonds. The molecule has 2 saturated heterocycles. The summed E-state index contributed by atoms with van der Waals surface area (Å²) in [7, 11) is 0. The minimum atomic E-state index is -0.563. The van der Waals surface area contributed by atoms with Crippen LogP contribution in [0, 0.1) is 5.92 Å². The molecule has 0 aromatic heterocycles. The quantitative estimate of drug-likeness (QED) is 0.679. The molecule has 0 spiro atoms. The standard InChI is InChI=1S/C26H32N2O3/c1-18(29)21-15-22(25(30)31-26(2,3)4)28-23(20-13-9-6-10-14-20)17-27(24(21)28)16-19-11-7-5-8-12-19/h5-14,21-24H,15-17H2,1-4H3/t21-,22-,23+,24-/m0/s1. The van der Waals surface area contributed by atoms with Gasteiger partial charge in [-0.05, 0) is 45.2 Å². The van der Waals surface area contributed by atoms with E-state index in [2.05, 4.69) is 34.1 Å². The molecule has 2 aliphatic rings. The van der Waals surface area contributed by atoms with Crippen LogP contribution in [0.4, 0.5) is 0 Å². The Balaban J connectivity index is 1.71. The largest absolute Gasteiger partial charge is 0.459 e. The van der Waals surface area contributed by atoms with Crippen LogP contribution in [-0.4, -0.2) is 45.9 Å². The molecule has 0 radical (unpaired) electrons. The molecule has 164 valence electrons. The number of fused-ring (bicyclic) bond motifs is 1. The Morgan fingerprint density at radius 2 is 1.61 bits per heavy atom. The van der Waals surface area contributed by atoms with E-state index in [9.17, 15) is 9.59 Å². The summed E-state index contributed by atoms with van der Waals surface area (Å²) < 4.78 is 5.79. The molecule has 0 unspecified atom stereocenters. The predicted molar refractivity (Wildman–Crippen MR) is 120 cm³/mol. The molecule has 0 bridgehead atoms. The third-order valence-corrected chi connectivity index (χ3v) is 6.26. The molecule has 5 nitrogen and oxygen atoms in total. The van der Waals surface area contributed by atoms with Crippen LogP contribution in [0.3, 0.4) is 0 Å². The maximum absolute atomic E-state index is 13.2. The number of hydrogen-bond donors (Lipinski definition) is 0.